The molecule has 1 fully saturated rings. The van der Waals surface area contributed by atoms with Gasteiger partial charge in [-0.25, -0.2) is 9.97 Å². The van der Waals surface area contributed by atoms with Crippen LogP contribution >= 0.6 is 0 Å². The zero-order valence-electron chi connectivity index (χ0n) is 15.6. The molecule has 0 aromatic carbocycles. The van der Waals surface area contributed by atoms with Crippen LogP contribution in [0.1, 0.15) is 41.9 Å². The van der Waals surface area contributed by atoms with Crippen LogP contribution in [0, 0.1) is 18.3 Å². The van der Waals surface area contributed by atoms with Crippen LogP contribution in [-0.4, -0.2) is 42.4 Å². The van der Waals surface area contributed by atoms with Gasteiger partial charge >= 0.3 is 0 Å². The molecule has 4 heterocycles. The number of aromatic nitrogens is 6. The van der Waals surface area contributed by atoms with Crippen LogP contribution in [0.2, 0.25) is 0 Å². The molecule has 4 rings (SSSR count). The van der Waals surface area contributed by atoms with Gasteiger partial charge in [0.15, 0.2) is 5.82 Å². The molecule has 0 N–H and O–H groups in total. The van der Waals surface area contributed by atoms with E-state index in [2.05, 4.69) is 40.3 Å². The van der Waals surface area contributed by atoms with Gasteiger partial charge in [0, 0.05) is 38.4 Å². The van der Waals surface area contributed by atoms with Crippen LogP contribution in [0.5, 0.6) is 0 Å². The highest BCUT2D eigenvalue weighted by atomic mass is 15.3. The molecule has 0 unspecified atom stereocenters. The number of anilines is 1. The molecule has 0 radical (unpaired) electrons. The lowest BCUT2D eigenvalue weighted by atomic mass is 9.97. The maximum atomic E-state index is 9.10. The molecule has 8 heteroatoms. The molecule has 1 saturated heterocycles. The quantitative estimate of drug-likeness (QED) is 0.705. The average molecular weight is 362 g/mol. The van der Waals surface area contributed by atoms with Gasteiger partial charge in [-0.1, -0.05) is 6.07 Å². The standard InChI is InChI=1S/C19H22N8/c1-14-21-8-10-26(14)13-18-23-24-19(25(18)2)15-5-4-9-27(12-15)17-7-3-6-16(11-20)22-17/h3,6-8,10,15H,4-5,9,12-13H2,1-2H3/t15-/m0/s1. The Bertz CT molecular complexity index is 980. The van der Waals surface area contributed by atoms with E-state index in [1.54, 1.807) is 12.3 Å². The molecule has 27 heavy (non-hydrogen) atoms. The molecule has 3 aromatic heterocycles. The molecular formula is C19H22N8. The van der Waals surface area contributed by atoms with E-state index >= 15 is 0 Å². The Morgan fingerprint density at radius 1 is 1.30 bits per heavy atom. The van der Waals surface area contributed by atoms with Gasteiger partial charge in [0.05, 0.1) is 6.54 Å². The Kier molecular flexibility index (Phi) is 4.59. The van der Waals surface area contributed by atoms with Crippen LogP contribution in [0.15, 0.2) is 30.6 Å². The summed E-state index contributed by atoms with van der Waals surface area (Å²) in [6.45, 7) is 4.42. The van der Waals surface area contributed by atoms with Gasteiger partial charge in [-0.05, 0) is 31.9 Å². The van der Waals surface area contributed by atoms with Gasteiger partial charge in [-0.2, -0.15) is 5.26 Å². The Labute approximate surface area is 158 Å². The first-order chi connectivity index (χ1) is 13.2. The summed E-state index contributed by atoms with van der Waals surface area (Å²) >= 11 is 0. The van der Waals surface area contributed by atoms with Gasteiger partial charge in [0.25, 0.3) is 0 Å². The van der Waals surface area contributed by atoms with Crippen molar-refractivity contribution in [2.24, 2.45) is 7.05 Å². The van der Waals surface area contributed by atoms with Gasteiger partial charge in [-0.15, -0.1) is 10.2 Å². The molecule has 0 spiro atoms. The van der Waals surface area contributed by atoms with Crippen molar-refractivity contribution in [3.05, 3.63) is 53.8 Å². The van der Waals surface area contributed by atoms with Gasteiger partial charge < -0.3 is 14.0 Å². The van der Waals surface area contributed by atoms with E-state index in [0.717, 1.165) is 49.2 Å². The summed E-state index contributed by atoms with van der Waals surface area (Å²) in [5.74, 6) is 4.04. The minimum atomic E-state index is 0.293. The molecule has 1 aliphatic rings. The normalized spacial score (nSPS) is 17.1. The Morgan fingerprint density at radius 2 is 2.19 bits per heavy atom. The van der Waals surface area contributed by atoms with Crippen molar-refractivity contribution >= 4 is 5.82 Å². The Hall–Kier alpha value is -3.21. The third-order valence-corrected chi connectivity index (χ3v) is 5.19. The van der Waals surface area contributed by atoms with E-state index in [9.17, 15) is 0 Å². The van der Waals surface area contributed by atoms with Crippen LogP contribution in [0.4, 0.5) is 5.82 Å². The molecule has 1 atom stereocenters. The van der Waals surface area contributed by atoms with Crippen LogP contribution in [0.3, 0.4) is 0 Å². The smallest absolute Gasteiger partial charge is 0.152 e. The first kappa shape index (κ1) is 17.2. The average Bonchev–Trinajstić information content (AvgIpc) is 3.28. The summed E-state index contributed by atoms with van der Waals surface area (Å²) in [4.78, 5) is 10.9. The topological polar surface area (TPSA) is 88.4 Å². The van der Waals surface area contributed by atoms with Crippen molar-refractivity contribution in [1.82, 2.24) is 29.3 Å². The van der Waals surface area contributed by atoms with Gasteiger partial charge in [-0.3, -0.25) is 0 Å². The molecule has 0 bridgehead atoms. The third-order valence-electron chi connectivity index (χ3n) is 5.19. The number of nitrogens with zero attached hydrogens (tertiary/aromatic N) is 8. The van der Waals surface area contributed by atoms with Crippen LogP contribution in [0.25, 0.3) is 0 Å². The van der Waals surface area contributed by atoms with E-state index in [4.69, 9.17) is 5.26 Å². The van der Waals surface area contributed by atoms with Crippen LogP contribution < -0.4 is 4.90 Å². The van der Waals surface area contributed by atoms with E-state index in [1.165, 1.54) is 0 Å². The van der Waals surface area contributed by atoms with E-state index in [1.807, 2.05) is 32.3 Å². The van der Waals surface area contributed by atoms with E-state index in [-0.39, 0.29) is 0 Å². The zero-order valence-corrected chi connectivity index (χ0v) is 15.6. The second kappa shape index (κ2) is 7.19. The molecule has 0 amide bonds. The minimum Gasteiger partial charge on any atom is -0.356 e. The zero-order chi connectivity index (χ0) is 18.8. The largest absolute Gasteiger partial charge is 0.356 e. The summed E-state index contributed by atoms with van der Waals surface area (Å²) in [7, 11) is 2.03. The number of hydrogen-bond donors (Lipinski definition) is 0. The maximum absolute atomic E-state index is 9.10. The van der Waals surface area contributed by atoms with Crippen molar-refractivity contribution in [1.29, 1.82) is 5.26 Å². The summed E-state index contributed by atoms with van der Waals surface area (Å²) in [5.41, 5.74) is 0.450. The summed E-state index contributed by atoms with van der Waals surface area (Å²) in [5, 5.41) is 18.0. The van der Waals surface area contributed by atoms with E-state index < -0.39 is 0 Å². The van der Waals surface area contributed by atoms with Gasteiger partial charge in [0.2, 0.25) is 0 Å². The van der Waals surface area contributed by atoms with Crippen molar-refractivity contribution < 1.29 is 0 Å². The fourth-order valence-corrected chi connectivity index (χ4v) is 3.65. The molecule has 8 nitrogen and oxygen atoms in total. The number of pyridine rings is 1. The van der Waals surface area contributed by atoms with Gasteiger partial charge in [0.1, 0.15) is 29.2 Å². The number of rotatable bonds is 4. The summed E-state index contributed by atoms with van der Waals surface area (Å²) in [6.07, 6.45) is 5.89. The van der Waals surface area contributed by atoms with Crippen molar-refractivity contribution in [3.8, 4) is 6.07 Å². The fourth-order valence-electron chi connectivity index (χ4n) is 3.65. The number of aryl methyl sites for hydroxylation is 1. The molecule has 3 aromatic rings. The Balaban J connectivity index is 1.53. The summed E-state index contributed by atoms with van der Waals surface area (Å²) < 4.78 is 4.17. The molecule has 138 valence electrons. The Morgan fingerprint density at radius 3 is 2.96 bits per heavy atom. The number of piperidine rings is 1. The maximum Gasteiger partial charge on any atom is 0.152 e. The SMILES string of the molecule is Cc1nccn1Cc1nnc([C@H]2CCCN(c3cccc(C#N)n3)C2)n1C. The highest BCUT2D eigenvalue weighted by molar-refractivity contribution is 5.42. The van der Waals surface area contributed by atoms with Crippen molar-refractivity contribution in [2.45, 2.75) is 32.2 Å². The first-order valence-corrected chi connectivity index (χ1v) is 9.13. The van der Waals surface area contributed by atoms with Crippen molar-refractivity contribution in [2.75, 3.05) is 18.0 Å². The lowest BCUT2D eigenvalue weighted by Crippen LogP contribution is -2.36. The molecule has 1 aliphatic heterocycles. The minimum absolute atomic E-state index is 0.293. The third kappa shape index (κ3) is 3.40. The molecular weight excluding hydrogens is 340 g/mol. The lowest BCUT2D eigenvalue weighted by Gasteiger charge is -2.33. The second-order valence-electron chi connectivity index (χ2n) is 6.91. The predicted octanol–water partition coefficient (Wildman–Crippen LogP) is 2.02. The summed E-state index contributed by atoms with van der Waals surface area (Å²) in [6, 6.07) is 7.70. The first-order valence-electron chi connectivity index (χ1n) is 9.13. The highest BCUT2D eigenvalue weighted by Crippen LogP contribution is 2.28. The lowest BCUT2D eigenvalue weighted by molar-refractivity contribution is 0.475. The molecule has 0 aliphatic carbocycles. The molecule has 0 saturated carbocycles. The van der Waals surface area contributed by atoms with E-state index in [0.29, 0.717) is 18.2 Å². The number of imidazole rings is 1. The highest BCUT2D eigenvalue weighted by Gasteiger charge is 2.26. The fraction of sp³-hybridized carbons (Fsp3) is 0.421. The second-order valence-corrected chi connectivity index (χ2v) is 6.91. The van der Waals surface area contributed by atoms with Crippen LogP contribution in [-0.2, 0) is 13.6 Å². The number of nitriles is 1. The monoisotopic (exact) mass is 362 g/mol. The van der Waals surface area contributed by atoms with Crippen molar-refractivity contribution in [3.63, 3.8) is 0 Å². The number of hydrogen-bond acceptors (Lipinski definition) is 6. The predicted molar refractivity (Wildman–Crippen MR) is 100 cm³/mol.